The second-order valence-corrected chi connectivity index (χ2v) is 5.15. The van der Waals surface area contributed by atoms with E-state index in [1.54, 1.807) is 0 Å². The number of hydrogen-bond acceptors (Lipinski definition) is 0. The molecular formula is C20H14. The minimum absolute atomic E-state index is 1.11. The lowest BCUT2D eigenvalue weighted by molar-refractivity contribution is 1.62. The van der Waals surface area contributed by atoms with E-state index in [0.717, 1.165) is 5.22 Å². The van der Waals surface area contributed by atoms with Crippen LogP contribution in [0.25, 0.3) is 39.3 Å². The summed E-state index contributed by atoms with van der Waals surface area (Å²) in [6.45, 7) is 4.33. The third-order valence-corrected chi connectivity index (χ3v) is 3.97. The van der Waals surface area contributed by atoms with E-state index >= 15 is 0 Å². The predicted octanol–water partition coefficient (Wildman–Crippen LogP) is 4.79. The van der Waals surface area contributed by atoms with Gasteiger partial charge in [-0.25, -0.2) is 0 Å². The van der Waals surface area contributed by atoms with Crippen LogP contribution in [0.4, 0.5) is 0 Å². The standard InChI is InChI=1S/C20H14/c1-14-18-12-6-10-16-9-5-11-17(20(16)18)13-19(14)15-7-3-2-4-8-15/h2-13H,1H2. The maximum Gasteiger partial charge on any atom is -0.00326 e. The maximum absolute atomic E-state index is 4.33. The third-order valence-electron chi connectivity index (χ3n) is 3.97. The van der Waals surface area contributed by atoms with Crippen LogP contribution in [0.3, 0.4) is 0 Å². The molecule has 4 rings (SSSR count). The van der Waals surface area contributed by atoms with Gasteiger partial charge in [0.05, 0.1) is 0 Å². The average Bonchev–Trinajstić information content (AvgIpc) is 2.52. The fourth-order valence-corrected chi connectivity index (χ4v) is 3.00. The average molecular weight is 254 g/mol. The van der Waals surface area contributed by atoms with Crippen molar-refractivity contribution >= 4 is 28.1 Å². The van der Waals surface area contributed by atoms with Gasteiger partial charge in [-0.15, -0.1) is 0 Å². The molecular weight excluding hydrogens is 240 g/mol. The highest BCUT2D eigenvalue weighted by molar-refractivity contribution is 6.12. The molecule has 0 heteroatoms. The van der Waals surface area contributed by atoms with Crippen LogP contribution in [0.15, 0.2) is 72.8 Å². The molecule has 0 amide bonds. The normalized spacial score (nSPS) is 11.2. The molecule has 0 unspecified atom stereocenters. The molecule has 0 saturated heterocycles. The fraction of sp³-hybridized carbons (Fsp3) is 0. The Morgan fingerprint density at radius 1 is 0.650 bits per heavy atom. The summed E-state index contributed by atoms with van der Waals surface area (Å²) in [5, 5.41) is 6.24. The largest absolute Gasteiger partial charge is 0.0905 e. The van der Waals surface area contributed by atoms with Gasteiger partial charge in [-0.3, -0.25) is 0 Å². The SMILES string of the molecule is C=c1c(-c2ccccc2)cc2cccc3cccc1c32. The number of benzene rings is 4. The van der Waals surface area contributed by atoms with Gasteiger partial charge in [-0.1, -0.05) is 73.3 Å². The molecule has 0 fully saturated rings. The van der Waals surface area contributed by atoms with Gasteiger partial charge >= 0.3 is 0 Å². The fourth-order valence-electron chi connectivity index (χ4n) is 3.00. The third kappa shape index (κ3) is 1.55. The summed E-state index contributed by atoms with van der Waals surface area (Å²) in [6.07, 6.45) is 0. The maximum atomic E-state index is 4.33. The van der Waals surface area contributed by atoms with Crippen LogP contribution in [-0.2, 0) is 0 Å². The first-order valence-electron chi connectivity index (χ1n) is 6.83. The zero-order valence-electron chi connectivity index (χ0n) is 11.1. The van der Waals surface area contributed by atoms with Gasteiger partial charge in [0, 0.05) is 0 Å². The molecule has 0 radical (unpaired) electrons. The highest BCUT2D eigenvalue weighted by atomic mass is 14.1. The van der Waals surface area contributed by atoms with E-state index in [4.69, 9.17) is 0 Å². The second-order valence-electron chi connectivity index (χ2n) is 5.15. The van der Waals surface area contributed by atoms with Gasteiger partial charge in [-0.2, -0.15) is 0 Å². The van der Waals surface area contributed by atoms with Crippen LogP contribution >= 0.6 is 0 Å². The van der Waals surface area contributed by atoms with Crippen molar-refractivity contribution in [2.24, 2.45) is 0 Å². The molecule has 4 aromatic carbocycles. The quantitative estimate of drug-likeness (QED) is 0.458. The van der Waals surface area contributed by atoms with Gasteiger partial charge < -0.3 is 0 Å². The van der Waals surface area contributed by atoms with Gasteiger partial charge in [0.2, 0.25) is 0 Å². The molecule has 0 aliphatic heterocycles. The zero-order chi connectivity index (χ0) is 13.5. The van der Waals surface area contributed by atoms with Crippen molar-refractivity contribution < 1.29 is 0 Å². The van der Waals surface area contributed by atoms with E-state index in [1.165, 1.54) is 32.7 Å². The van der Waals surface area contributed by atoms with Crippen LogP contribution in [-0.4, -0.2) is 0 Å². The summed E-state index contributed by atoms with van der Waals surface area (Å²) in [6, 6.07) is 25.6. The Morgan fingerprint density at radius 2 is 1.35 bits per heavy atom. The molecule has 0 saturated carbocycles. The minimum Gasteiger partial charge on any atom is -0.0905 e. The van der Waals surface area contributed by atoms with Crippen molar-refractivity contribution in [3.63, 3.8) is 0 Å². The topological polar surface area (TPSA) is 0 Å². The molecule has 94 valence electrons. The molecule has 0 bridgehead atoms. The minimum atomic E-state index is 1.11. The highest BCUT2D eigenvalue weighted by Gasteiger charge is 2.07. The van der Waals surface area contributed by atoms with Crippen molar-refractivity contribution in [2.75, 3.05) is 0 Å². The summed E-state index contributed by atoms with van der Waals surface area (Å²) >= 11 is 0. The summed E-state index contributed by atoms with van der Waals surface area (Å²) in [5.41, 5.74) is 2.45. The van der Waals surface area contributed by atoms with E-state index in [-0.39, 0.29) is 0 Å². The molecule has 0 aliphatic carbocycles. The van der Waals surface area contributed by atoms with Gasteiger partial charge in [0.25, 0.3) is 0 Å². The summed E-state index contributed by atoms with van der Waals surface area (Å²) in [7, 11) is 0. The Labute approximate surface area is 118 Å². The lowest BCUT2D eigenvalue weighted by Crippen LogP contribution is -2.05. The predicted molar refractivity (Wildman–Crippen MR) is 87.6 cm³/mol. The summed E-state index contributed by atoms with van der Waals surface area (Å²) in [5.74, 6) is 0. The molecule has 0 atom stereocenters. The van der Waals surface area contributed by atoms with Crippen LogP contribution in [0.2, 0.25) is 0 Å². The summed E-state index contributed by atoms with van der Waals surface area (Å²) < 4.78 is 0. The number of rotatable bonds is 1. The van der Waals surface area contributed by atoms with Gasteiger partial charge in [0.15, 0.2) is 0 Å². The lowest BCUT2D eigenvalue weighted by atomic mass is 9.93. The smallest absolute Gasteiger partial charge is 0.00326 e. The van der Waals surface area contributed by atoms with E-state index < -0.39 is 0 Å². The first-order valence-corrected chi connectivity index (χ1v) is 6.83. The first-order chi connectivity index (χ1) is 9.84. The van der Waals surface area contributed by atoms with Crippen LogP contribution in [0, 0.1) is 0 Å². The summed E-state index contributed by atoms with van der Waals surface area (Å²) in [4.78, 5) is 0. The Bertz CT molecular complexity index is 944. The van der Waals surface area contributed by atoms with Gasteiger partial charge in [-0.05, 0) is 44.0 Å². The molecule has 0 spiro atoms. The van der Waals surface area contributed by atoms with Crippen molar-refractivity contribution in [3.8, 4) is 11.1 Å². The Hall–Kier alpha value is -2.60. The van der Waals surface area contributed by atoms with E-state index in [2.05, 4.69) is 73.3 Å². The van der Waals surface area contributed by atoms with Crippen molar-refractivity contribution in [3.05, 3.63) is 78.0 Å². The highest BCUT2D eigenvalue weighted by Crippen LogP contribution is 2.28. The molecule has 0 heterocycles. The Balaban J connectivity index is 2.20. The molecule has 4 aromatic rings. The van der Waals surface area contributed by atoms with Gasteiger partial charge in [0.1, 0.15) is 0 Å². The van der Waals surface area contributed by atoms with Crippen LogP contribution in [0.5, 0.6) is 0 Å². The van der Waals surface area contributed by atoms with E-state index in [9.17, 15) is 0 Å². The molecule has 20 heavy (non-hydrogen) atoms. The molecule has 0 N–H and O–H groups in total. The van der Waals surface area contributed by atoms with E-state index in [0.29, 0.717) is 0 Å². The first kappa shape index (κ1) is 11.2. The Morgan fingerprint density at radius 3 is 2.15 bits per heavy atom. The van der Waals surface area contributed by atoms with Crippen LogP contribution in [0.1, 0.15) is 0 Å². The molecule has 0 aromatic heterocycles. The van der Waals surface area contributed by atoms with Crippen molar-refractivity contribution in [1.82, 2.24) is 0 Å². The van der Waals surface area contributed by atoms with Crippen LogP contribution < -0.4 is 5.22 Å². The van der Waals surface area contributed by atoms with E-state index in [1.807, 2.05) is 6.07 Å². The Kier molecular flexibility index (Phi) is 2.37. The second kappa shape index (κ2) is 4.21. The molecule has 0 nitrogen and oxygen atoms in total. The van der Waals surface area contributed by atoms with Crippen molar-refractivity contribution in [1.29, 1.82) is 0 Å². The lowest BCUT2D eigenvalue weighted by Gasteiger charge is -2.10. The zero-order valence-corrected chi connectivity index (χ0v) is 11.1. The van der Waals surface area contributed by atoms with Crippen molar-refractivity contribution in [2.45, 2.75) is 0 Å². The molecule has 0 aliphatic rings. The number of hydrogen-bond donors (Lipinski definition) is 0. The monoisotopic (exact) mass is 254 g/mol.